The van der Waals surface area contributed by atoms with Crippen molar-refractivity contribution in [3.8, 4) is 11.5 Å². The average Bonchev–Trinajstić information content (AvgIpc) is 2.80. The molecule has 16 heavy (non-hydrogen) atoms. The van der Waals surface area contributed by atoms with Crippen molar-refractivity contribution in [2.24, 2.45) is 0 Å². The standard InChI is InChI=1S/C12H9N3O/c1-2-5-10(6-3-1)16-11-7-4-8-15-12(11)13-9-14-15/h1-9H. The molecule has 0 spiro atoms. The van der Waals surface area contributed by atoms with Crippen LogP contribution >= 0.6 is 0 Å². The predicted octanol–water partition coefficient (Wildman–Crippen LogP) is 2.52. The SMILES string of the molecule is c1ccc(Oc2cccn3ncnc23)cc1. The monoisotopic (exact) mass is 211 g/mol. The van der Waals surface area contributed by atoms with E-state index in [4.69, 9.17) is 4.74 Å². The molecular formula is C12H9N3O. The molecule has 0 saturated heterocycles. The molecule has 0 amide bonds. The third-order valence-corrected chi connectivity index (χ3v) is 2.24. The minimum Gasteiger partial charge on any atom is -0.453 e. The number of ether oxygens (including phenoxy) is 1. The Kier molecular flexibility index (Phi) is 2.04. The molecule has 0 saturated carbocycles. The summed E-state index contributed by atoms with van der Waals surface area (Å²) in [6, 6.07) is 13.4. The maximum atomic E-state index is 5.73. The van der Waals surface area contributed by atoms with Gasteiger partial charge in [-0.05, 0) is 24.3 Å². The number of hydrogen-bond acceptors (Lipinski definition) is 3. The van der Waals surface area contributed by atoms with E-state index in [1.165, 1.54) is 6.33 Å². The van der Waals surface area contributed by atoms with Gasteiger partial charge in [-0.1, -0.05) is 18.2 Å². The summed E-state index contributed by atoms with van der Waals surface area (Å²) in [7, 11) is 0. The first-order valence-corrected chi connectivity index (χ1v) is 4.95. The lowest BCUT2D eigenvalue weighted by molar-refractivity contribution is 0.484. The van der Waals surface area contributed by atoms with Crippen LogP contribution < -0.4 is 4.74 Å². The van der Waals surface area contributed by atoms with Gasteiger partial charge in [-0.3, -0.25) is 0 Å². The van der Waals surface area contributed by atoms with E-state index in [1.54, 1.807) is 4.52 Å². The molecule has 1 aromatic carbocycles. The molecule has 0 bridgehead atoms. The van der Waals surface area contributed by atoms with Gasteiger partial charge in [-0.25, -0.2) is 9.50 Å². The molecule has 2 heterocycles. The largest absolute Gasteiger partial charge is 0.453 e. The van der Waals surface area contributed by atoms with Gasteiger partial charge in [0.15, 0.2) is 11.4 Å². The Morgan fingerprint density at radius 2 is 1.88 bits per heavy atom. The molecule has 0 N–H and O–H groups in total. The van der Waals surface area contributed by atoms with Crippen LogP contribution in [0.4, 0.5) is 0 Å². The number of hydrogen-bond donors (Lipinski definition) is 0. The Morgan fingerprint density at radius 3 is 2.75 bits per heavy atom. The molecule has 0 atom stereocenters. The summed E-state index contributed by atoms with van der Waals surface area (Å²) in [6.45, 7) is 0. The molecule has 0 aliphatic carbocycles. The van der Waals surface area contributed by atoms with Crippen molar-refractivity contribution in [1.29, 1.82) is 0 Å². The molecule has 0 fully saturated rings. The zero-order valence-electron chi connectivity index (χ0n) is 8.45. The van der Waals surface area contributed by atoms with Crippen molar-refractivity contribution in [3.05, 3.63) is 55.0 Å². The zero-order valence-corrected chi connectivity index (χ0v) is 8.45. The third kappa shape index (κ3) is 1.50. The van der Waals surface area contributed by atoms with E-state index in [9.17, 15) is 0 Å². The Bertz CT molecular complexity index is 604. The first kappa shape index (κ1) is 8.91. The van der Waals surface area contributed by atoms with Crippen molar-refractivity contribution in [2.45, 2.75) is 0 Å². The van der Waals surface area contributed by atoms with Gasteiger partial charge in [0.05, 0.1) is 0 Å². The van der Waals surface area contributed by atoms with Gasteiger partial charge in [-0.2, -0.15) is 5.10 Å². The Balaban J connectivity index is 2.04. The second-order valence-corrected chi connectivity index (χ2v) is 3.32. The molecule has 3 aromatic rings. The highest BCUT2D eigenvalue weighted by Gasteiger charge is 2.04. The van der Waals surface area contributed by atoms with Gasteiger partial charge >= 0.3 is 0 Å². The van der Waals surface area contributed by atoms with E-state index in [0.717, 1.165) is 5.75 Å². The maximum Gasteiger partial charge on any atom is 0.198 e. The van der Waals surface area contributed by atoms with Crippen LogP contribution in [0.1, 0.15) is 0 Å². The average molecular weight is 211 g/mol. The van der Waals surface area contributed by atoms with E-state index < -0.39 is 0 Å². The van der Waals surface area contributed by atoms with E-state index in [2.05, 4.69) is 10.1 Å². The third-order valence-electron chi connectivity index (χ3n) is 2.24. The van der Waals surface area contributed by atoms with Crippen LogP contribution in [0.3, 0.4) is 0 Å². The van der Waals surface area contributed by atoms with Crippen LogP contribution in [-0.4, -0.2) is 14.6 Å². The Labute approximate surface area is 92.1 Å². The second kappa shape index (κ2) is 3.66. The minimum absolute atomic E-state index is 0.700. The number of aromatic nitrogens is 3. The Hall–Kier alpha value is -2.36. The summed E-state index contributed by atoms with van der Waals surface area (Å²) < 4.78 is 7.41. The van der Waals surface area contributed by atoms with E-state index in [1.807, 2.05) is 48.7 Å². The summed E-state index contributed by atoms with van der Waals surface area (Å²) in [5, 5.41) is 4.05. The number of pyridine rings is 1. The van der Waals surface area contributed by atoms with Crippen LogP contribution in [0, 0.1) is 0 Å². The van der Waals surface area contributed by atoms with Crippen LogP contribution in [0.25, 0.3) is 5.65 Å². The van der Waals surface area contributed by atoms with Crippen LogP contribution in [-0.2, 0) is 0 Å². The minimum atomic E-state index is 0.700. The fourth-order valence-electron chi connectivity index (χ4n) is 1.52. The fourth-order valence-corrected chi connectivity index (χ4v) is 1.52. The van der Waals surface area contributed by atoms with Gasteiger partial charge < -0.3 is 4.74 Å². The van der Waals surface area contributed by atoms with E-state index in [-0.39, 0.29) is 0 Å². The second-order valence-electron chi connectivity index (χ2n) is 3.32. The molecule has 78 valence electrons. The normalized spacial score (nSPS) is 10.5. The number of para-hydroxylation sites is 1. The summed E-state index contributed by atoms with van der Waals surface area (Å²) in [5.74, 6) is 1.49. The van der Waals surface area contributed by atoms with Crippen molar-refractivity contribution < 1.29 is 4.74 Å². The molecule has 0 aliphatic rings. The van der Waals surface area contributed by atoms with Crippen LogP contribution in [0.2, 0.25) is 0 Å². The summed E-state index contributed by atoms with van der Waals surface area (Å²) in [5.41, 5.74) is 0.714. The molecule has 4 heteroatoms. The molecule has 4 nitrogen and oxygen atoms in total. The van der Waals surface area contributed by atoms with Gasteiger partial charge in [0.2, 0.25) is 0 Å². The highest BCUT2D eigenvalue weighted by Crippen LogP contribution is 2.23. The van der Waals surface area contributed by atoms with E-state index in [0.29, 0.717) is 11.4 Å². The van der Waals surface area contributed by atoms with Gasteiger partial charge in [0, 0.05) is 6.20 Å². The fraction of sp³-hybridized carbons (Fsp3) is 0. The lowest BCUT2D eigenvalue weighted by Gasteiger charge is -2.05. The molecule has 0 unspecified atom stereocenters. The highest BCUT2D eigenvalue weighted by molar-refractivity contribution is 5.53. The van der Waals surface area contributed by atoms with Gasteiger partial charge in [0.25, 0.3) is 0 Å². The lowest BCUT2D eigenvalue weighted by atomic mass is 10.3. The number of rotatable bonds is 2. The smallest absolute Gasteiger partial charge is 0.198 e. The molecule has 3 rings (SSSR count). The van der Waals surface area contributed by atoms with Crippen LogP contribution in [0.15, 0.2) is 55.0 Å². The molecule has 0 aliphatic heterocycles. The van der Waals surface area contributed by atoms with E-state index >= 15 is 0 Å². The van der Waals surface area contributed by atoms with Gasteiger partial charge in [0.1, 0.15) is 12.1 Å². The lowest BCUT2D eigenvalue weighted by Crippen LogP contribution is -1.90. The van der Waals surface area contributed by atoms with Crippen molar-refractivity contribution >= 4 is 5.65 Å². The number of nitrogens with zero attached hydrogens (tertiary/aromatic N) is 3. The topological polar surface area (TPSA) is 39.4 Å². The summed E-state index contributed by atoms with van der Waals surface area (Å²) in [6.07, 6.45) is 3.34. The zero-order chi connectivity index (χ0) is 10.8. The van der Waals surface area contributed by atoms with Crippen LogP contribution in [0.5, 0.6) is 11.5 Å². The maximum absolute atomic E-state index is 5.73. The van der Waals surface area contributed by atoms with Gasteiger partial charge in [-0.15, -0.1) is 0 Å². The Morgan fingerprint density at radius 1 is 1.00 bits per heavy atom. The molecule has 0 radical (unpaired) electrons. The first-order chi connectivity index (χ1) is 7.93. The van der Waals surface area contributed by atoms with Crippen molar-refractivity contribution in [2.75, 3.05) is 0 Å². The van der Waals surface area contributed by atoms with Crippen molar-refractivity contribution in [1.82, 2.24) is 14.6 Å². The highest BCUT2D eigenvalue weighted by atomic mass is 16.5. The predicted molar refractivity (Wildman–Crippen MR) is 59.5 cm³/mol. The number of benzene rings is 1. The van der Waals surface area contributed by atoms with Crippen molar-refractivity contribution in [3.63, 3.8) is 0 Å². The number of fused-ring (bicyclic) bond motifs is 1. The summed E-state index contributed by atoms with van der Waals surface area (Å²) >= 11 is 0. The summed E-state index contributed by atoms with van der Waals surface area (Å²) in [4.78, 5) is 4.14. The molecule has 2 aromatic heterocycles. The quantitative estimate of drug-likeness (QED) is 0.653. The first-order valence-electron chi connectivity index (χ1n) is 4.95. The molecular weight excluding hydrogens is 202 g/mol.